The Balaban J connectivity index is 2.63. The van der Waals surface area contributed by atoms with Gasteiger partial charge in [0.15, 0.2) is 0 Å². The average Bonchev–Trinajstić information content (AvgIpc) is 2.39. The lowest BCUT2D eigenvalue weighted by Crippen LogP contribution is -2.20. The zero-order valence-electron chi connectivity index (χ0n) is 11.8. The number of amides is 2. The van der Waals surface area contributed by atoms with Crippen molar-refractivity contribution in [3.05, 3.63) is 29.6 Å². The number of hydrogen-bond acceptors (Lipinski definition) is 3. The van der Waals surface area contributed by atoms with Crippen LogP contribution < -0.4 is 10.6 Å². The molecule has 0 bridgehead atoms. The molecule has 0 saturated carbocycles. The zero-order chi connectivity index (χ0) is 15.1. The van der Waals surface area contributed by atoms with Crippen LogP contribution in [0.4, 0.5) is 14.9 Å². The molecular weight excluding hydrogens is 263 g/mol. The molecule has 0 saturated heterocycles. The molecular formula is C14H19FN2O3. The van der Waals surface area contributed by atoms with Crippen molar-refractivity contribution in [3.63, 3.8) is 0 Å². The van der Waals surface area contributed by atoms with Gasteiger partial charge in [-0.15, -0.1) is 0 Å². The molecule has 1 aromatic rings. The lowest BCUT2D eigenvalue weighted by molar-refractivity contribution is -0.120. The van der Waals surface area contributed by atoms with Crippen LogP contribution in [0.3, 0.4) is 0 Å². The highest BCUT2D eigenvalue weighted by Gasteiger charge is 2.10. The number of carbonyl (C=O) groups excluding carboxylic acids is 2. The average molecular weight is 282 g/mol. The fraction of sp³-hybridized carbons (Fsp3) is 0.429. The summed E-state index contributed by atoms with van der Waals surface area (Å²) in [6.45, 7) is 4.13. The van der Waals surface area contributed by atoms with E-state index in [-0.39, 0.29) is 29.5 Å². The first-order valence-corrected chi connectivity index (χ1v) is 6.35. The summed E-state index contributed by atoms with van der Waals surface area (Å²) in [5.41, 5.74) is 0.558. The number of likely N-dealkylation sites (N-methyl/N-ethyl adjacent to an activating group) is 1. The number of hydrogen-bond donors (Lipinski definition) is 2. The normalized spacial score (nSPS) is 10.2. The van der Waals surface area contributed by atoms with Gasteiger partial charge in [-0.3, -0.25) is 10.1 Å². The molecule has 0 unspecified atom stereocenters. The third-order valence-electron chi connectivity index (χ3n) is 2.48. The minimum absolute atomic E-state index is 0.0413. The molecule has 0 radical (unpaired) electrons. The van der Waals surface area contributed by atoms with Crippen molar-refractivity contribution < 1.29 is 18.7 Å². The molecule has 0 aliphatic carbocycles. The molecule has 20 heavy (non-hydrogen) atoms. The van der Waals surface area contributed by atoms with Crippen LogP contribution in [0.1, 0.15) is 19.4 Å². The zero-order valence-corrected chi connectivity index (χ0v) is 11.8. The molecule has 0 aliphatic heterocycles. The standard InChI is InChI=1S/C14H19FN2O3/c1-9(2)8-20-14(19)17-11-5-4-10(12(15)7-11)6-13(18)16-3/h4-5,7,9H,6,8H2,1-3H3,(H,16,18)(H,17,19). The maximum absolute atomic E-state index is 13.7. The molecule has 2 N–H and O–H groups in total. The van der Waals surface area contributed by atoms with Crippen molar-refractivity contribution in [2.45, 2.75) is 20.3 Å². The van der Waals surface area contributed by atoms with Gasteiger partial charge >= 0.3 is 6.09 Å². The first-order chi connectivity index (χ1) is 9.42. The Morgan fingerprint density at radius 3 is 2.60 bits per heavy atom. The number of rotatable bonds is 5. The van der Waals surface area contributed by atoms with Gasteiger partial charge in [-0.25, -0.2) is 9.18 Å². The molecule has 5 nitrogen and oxygen atoms in total. The van der Waals surface area contributed by atoms with E-state index in [4.69, 9.17) is 4.74 Å². The van der Waals surface area contributed by atoms with Gasteiger partial charge < -0.3 is 10.1 Å². The maximum atomic E-state index is 13.7. The van der Waals surface area contributed by atoms with Crippen molar-refractivity contribution in [1.29, 1.82) is 0 Å². The van der Waals surface area contributed by atoms with Gasteiger partial charge in [0.05, 0.1) is 13.0 Å². The summed E-state index contributed by atoms with van der Waals surface area (Å²) in [6, 6.07) is 4.15. The van der Waals surface area contributed by atoms with Crippen molar-refractivity contribution >= 4 is 17.7 Å². The molecule has 0 aliphatic rings. The van der Waals surface area contributed by atoms with E-state index in [1.54, 1.807) is 0 Å². The Morgan fingerprint density at radius 2 is 2.05 bits per heavy atom. The van der Waals surface area contributed by atoms with Crippen LogP contribution in [-0.4, -0.2) is 25.7 Å². The minimum atomic E-state index is -0.628. The molecule has 110 valence electrons. The van der Waals surface area contributed by atoms with E-state index < -0.39 is 11.9 Å². The first kappa shape index (κ1) is 15.9. The fourth-order valence-corrected chi connectivity index (χ4v) is 1.43. The summed E-state index contributed by atoms with van der Waals surface area (Å²) >= 11 is 0. The third kappa shape index (κ3) is 5.26. The molecule has 6 heteroatoms. The predicted molar refractivity (Wildman–Crippen MR) is 74.0 cm³/mol. The molecule has 2 amide bonds. The second-order valence-corrected chi connectivity index (χ2v) is 4.77. The summed E-state index contributed by atoms with van der Waals surface area (Å²) in [4.78, 5) is 22.6. The number of nitrogens with one attached hydrogen (secondary N) is 2. The smallest absolute Gasteiger partial charge is 0.411 e. The minimum Gasteiger partial charge on any atom is -0.449 e. The Kier molecular flexibility index (Phi) is 5.96. The monoisotopic (exact) mass is 282 g/mol. The van der Waals surface area contributed by atoms with E-state index in [0.717, 1.165) is 6.07 Å². The summed E-state index contributed by atoms with van der Waals surface area (Å²) in [7, 11) is 1.49. The van der Waals surface area contributed by atoms with Crippen molar-refractivity contribution in [2.24, 2.45) is 5.92 Å². The topological polar surface area (TPSA) is 67.4 Å². The van der Waals surface area contributed by atoms with Crippen LogP contribution in [0.5, 0.6) is 0 Å². The van der Waals surface area contributed by atoms with Crippen LogP contribution in [-0.2, 0) is 16.0 Å². The van der Waals surface area contributed by atoms with E-state index in [0.29, 0.717) is 6.61 Å². The lowest BCUT2D eigenvalue weighted by atomic mass is 10.1. The van der Waals surface area contributed by atoms with E-state index >= 15 is 0 Å². The quantitative estimate of drug-likeness (QED) is 0.871. The highest BCUT2D eigenvalue weighted by molar-refractivity contribution is 5.85. The van der Waals surface area contributed by atoms with E-state index in [9.17, 15) is 14.0 Å². The van der Waals surface area contributed by atoms with Gasteiger partial charge in [0.25, 0.3) is 0 Å². The molecule has 1 rings (SSSR count). The van der Waals surface area contributed by atoms with Gasteiger partial charge in [0.1, 0.15) is 5.82 Å². The Labute approximate surface area is 117 Å². The number of anilines is 1. The van der Waals surface area contributed by atoms with E-state index in [2.05, 4.69) is 10.6 Å². The Hall–Kier alpha value is -2.11. The summed E-state index contributed by atoms with van der Waals surface area (Å²) in [5.74, 6) is -0.594. The Bertz CT molecular complexity index is 489. The molecule has 0 spiro atoms. The first-order valence-electron chi connectivity index (χ1n) is 6.35. The van der Waals surface area contributed by atoms with Gasteiger partial charge in [0.2, 0.25) is 5.91 Å². The van der Waals surface area contributed by atoms with Crippen molar-refractivity contribution in [1.82, 2.24) is 5.32 Å². The second kappa shape index (κ2) is 7.47. The largest absolute Gasteiger partial charge is 0.449 e. The second-order valence-electron chi connectivity index (χ2n) is 4.77. The number of benzene rings is 1. The number of halogens is 1. The third-order valence-corrected chi connectivity index (χ3v) is 2.48. The predicted octanol–water partition coefficient (Wildman–Crippen LogP) is 2.32. The van der Waals surface area contributed by atoms with Crippen molar-refractivity contribution in [3.8, 4) is 0 Å². The van der Waals surface area contributed by atoms with E-state index in [1.165, 1.54) is 19.2 Å². The molecule has 0 heterocycles. The van der Waals surface area contributed by atoms with Crippen LogP contribution in [0.25, 0.3) is 0 Å². The molecule has 0 fully saturated rings. The number of carbonyl (C=O) groups is 2. The molecule has 0 aromatic heterocycles. The molecule has 0 atom stereocenters. The van der Waals surface area contributed by atoms with E-state index in [1.807, 2.05) is 13.8 Å². The van der Waals surface area contributed by atoms with Gasteiger partial charge in [-0.05, 0) is 23.6 Å². The van der Waals surface area contributed by atoms with Crippen molar-refractivity contribution in [2.75, 3.05) is 19.0 Å². The summed E-state index contributed by atoms with van der Waals surface area (Å²) in [6.07, 6.45) is -0.669. The highest BCUT2D eigenvalue weighted by Crippen LogP contribution is 2.15. The van der Waals surface area contributed by atoms with Crippen LogP contribution in [0.15, 0.2) is 18.2 Å². The molecule has 1 aromatic carbocycles. The SMILES string of the molecule is CNC(=O)Cc1ccc(NC(=O)OCC(C)C)cc1F. The Morgan fingerprint density at radius 1 is 1.35 bits per heavy atom. The van der Waals surface area contributed by atoms with Crippen LogP contribution in [0.2, 0.25) is 0 Å². The van der Waals surface area contributed by atoms with Gasteiger partial charge in [-0.1, -0.05) is 19.9 Å². The fourth-order valence-electron chi connectivity index (χ4n) is 1.43. The lowest BCUT2D eigenvalue weighted by Gasteiger charge is -2.10. The summed E-state index contributed by atoms with van der Waals surface area (Å²) < 4.78 is 18.7. The van der Waals surface area contributed by atoms with Gasteiger partial charge in [-0.2, -0.15) is 0 Å². The van der Waals surface area contributed by atoms with Crippen LogP contribution in [0, 0.1) is 11.7 Å². The highest BCUT2D eigenvalue weighted by atomic mass is 19.1. The van der Waals surface area contributed by atoms with Gasteiger partial charge in [0, 0.05) is 12.7 Å². The maximum Gasteiger partial charge on any atom is 0.411 e. The number of ether oxygens (including phenoxy) is 1. The summed E-state index contributed by atoms with van der Waals surface area (Å²) in [5, 5.41) is 4.85. The van der Waals surface area contributed by atoms with Crippen LogP contribution >= 0.6 is 0 Å².